The van der Waals surface area contributed by atoms with Crippen LogP contribution in [0, 0.1) is 11.7 Å². The largest absolute Gasteiger partial charge is 0.486 e. The van der Waals surface area contributed by atoms with Gasteiger partial charge in [-0.25, -0.2) is 4.39 Å². The molecule has 1 saturated heterocycles. The molecule has 2 atom stereocenters. The van der Waals surface area contributed by atoms with Crippen LogP contribution in [0.15, 0.2) is 10.5 Å². The smallest absolute Gasteiger partial charge is 0.307 e. The van der Waals surface area contributed by atoms with Gasteiger partial charge in [0, 0.05) is 18.7 Å². The van der Waals surface area contributed by atoms with Crippen molar-refractivity contribution in [2.75, 3.05) is 19.8 Å². The molecule has 0 amide bonds. The lowest BCUT2D eigenvalue weighted by Crippen LogP contribution is -2.21. The van der Waals surface area contributed by atoms with Crippen LogP contribution in [0.4, 0.5) is 4.39 Å². The van der Waals surface area contributed by atoms with Gasteiger partial charge in [-0.15, -0.1) is 0 Å². The molecule has 0 bridgehead atoms. The van der Waals surface area contributed by atoms with Crippen LogP contribution < -0.4 is 14.8 Å². The number of hydrogen-bond donors (Lipinski definition) is 2. The third-order valence-corrected chi connectivity index (χ3v) is 4.17. The monoisotopic (exact) mass is 345 g/mol. The molecule has 0 aromatic heterocycles. The molecule has 0 radical (unpaired) electrons. The van der Waals surface area contributed by atoms with Crippen molar-refractivity contribution >= 4 is 21.9 Å². The fourth-order valence-corrected chi connectivity index (χ4v) is 3.03. The number of halogens is 2. The van der Waals surface area contributed by atoms with E-state index < -0.39 is 17.7 Å². The molecule has 0 saturated carbocycles. The second kappa shape index (κ2) is 5.21. The molecule has 1 fully saturated rings. The van der Waals surface area contributed by atoms with Gasteiger partial charge in [0.2, 0.25) is 0 Å². The molecular formula is C13H13BrFNO4. The molecule has 1 aromatic rings. The van der Waals surface area contributed by atoms with Crippen LogP contribution in [-0.2, 0) is 4.79 Å². The lowest BCUT2D eigenvalue weighted by atomic mass is 9.98. The maximum Gasteiger partial charge on any atom is 0.307 e. The lowest BCUT2D eigenvalue weighted by Gasteiger charge is -2.24. The maximum atomic E-state index is 14.4. The molecule has 2 aliphatic heterocycles. The highest BCUT2D eigenvalue weighted by Crippen LogP contribution is 2.44. The number of aliphatic carboxylic acids is 1. The summed E-state index contributed by atoms with van der Waals surface area (Å²) in [5.74, 6) is -0.960. The van der Waals surface area contributed by atoms with E-state index in [9.17, 15) is 9.18 Å². The summed E-state index contributed by atoms with van der Waals surface area (Å²) in [6.07, 6.45) is 0.332. The summed E-state index contributed by atoms with van der Waals surface area (Å²) in [5, 5.41) is 12.1. The highest BCUT2D eigenvalue weighted by molar-refractivity contribution is 9.10. The molecule has 108 valence electrons. The van der Waals surface area contributed by atoms with Gasteiger partial charge in [-0.3, -0.25) is 4.79 Å². The van der Waals surface area contributed by atoms with Crippen LogP contribution in [-0.4, -0.2) is 30.8 Å². The molecule has 2 aliphatic rings. The Balaban J connectivity index is 2.00. The Hall–Kier alpha value is -1.34. The number of carbonyl (C=O) groups is 1. The molecule has 1 aromatic carbocycles. The first kappa shape index (κ1) is 13.6. The topological polar surface area (TPSA) is 67.8 Å². The molecule has 20 heavy (non-hydrogen) atoms. The Bertz CT molecular complexity index is 566. The quantitative estimate of drug-likeness (QED) is 0.859. The van der Waals surface area contributed by atoms with E-state index in [4.69, 9.17) is 14.6 Å². The molecule has 3 rings (SSSR count). The number of carboxylic acids is 1. The number of fused-ring (bicyclic) bond motifs is 1. The first-order chi connectivity index (χ1) is 9.58. The zero-order valence-electron chi connectivity index (χ0n) is 10.5. The van der Waals surface area contributed by atoms with Gasteiger partial charge in [-0.1, -0.05) is 0 Å². The molecular weight excluding hydrogens is 333 g/mol. The number of rotatable bonds is 2. The standard InChI is InChI=1S/C13H13BrFNO4/c14-7-4-9-12(20-2-1-19-9)10(11(7)15)8-3-6(5-16-8)13(17)18/h4,6,8,16H,1-3,5H2,(H,17,18). The van der Waals surface area contributed by atoms with E-state index in [2.05, 4.69) is 21.2 Å². The van der Waals surface area contributed by atoms with Crippen molar-refractivity contribution in [1.29, 1.82) is 0 Å². The van der Waals surface area contributed by atoms with Crippen LogP contribution in [0.2, 0.25) is 0 Å². The van der Waals surface area contributed by atoms with E-state index in [1.807, 2.05) is 0 Å². The number of hydrogen-bond acceptors (Lipinski definition) is 4. The molecule has 5 nitrogen and oxygen atoms in total. The molecule has 7 heteroatoms. The van der Waals surface area contributed by atoms with E-state index in [0.717, 1.165) is 0 Å². The molecule has 2 heterocycles. The van der Waals surface area contributed by atoms with Gasteiger partial charge in [-0.05, 0) is 22.4 Å². The Morgan fingerprint density at radius 3 is 2.90 bits per heavy atom. The van der Waals surface area contributed by atoms with Crippen molar-refractivity contribution in [1.82, 2.24) is 5.32 Å². The average molecular weight is 346 g/mol. The van der Waals surface area contributed by atoms with E-state index in [1.54, 1.807) is 0 Å². The Kier molecular flexibility index (Phi) is 3.55. The highest BCUT2D eigenvalue weighted by atomic mass is 79.9. The fourth-order valence-electron chi connectivity index (χ4n) is 2.61. The first-order valence-corrected chi connectivity index (χ1v) is 7.11. The Morgan fingerprint density at radius 2 is 2.20 bits per heavy atom. The SMILES string of the molecule is O=C(O)C1CNC(c2c(F)c(Br)cc3c2OCCO3)C1. The number of benzene rings is 1. The van der Waals surface area contributed by atoms with Crippen molar-refractivity contribution in [3.05, 3.63) is 21.9 Å². The summed E-state index contributed by atoms with van der Waals surface area (Å²) < 4.78 is 25.7. The zero-order valence-corrected chi connectivity index (χ0v) is 12.1. The van der Waals surface area contributed by atoms with Crippen molar-refractivity contribution in [2.24, 2.45) is 5.92 Å². The molecule has 2 unspecified atom stereocenters. The van der Waals surface area contributed by atoms with E-state index in [0.29, 0.717) is 43.2 Å². The van der Waals surface area contributed by atoms with Gasteiger partial charge in [0.05, 0.1) is 16.0 Å². The van der Waals surface area contributed by atoms with Crippen molar-refractivity contribution in [2.45, 2.75) is 12.5 Å². The normalized spacial score (nSPS) is 24.7. The van der Waals surface area contributed by atoms with E-state index in [1.165, 1.54) is 6.07 Å². The summed E-state index contributed by atoms with van der Waals surface area (Å²) in [4.78, 5) is 11.0. The Labute approximate surface area is 123 Å². The summed E-state index contributed by atoms with van der Waals surface area (Å²) >= 11 is 3.16. The number of carboxylic acid groups (broad SMARTS) is 1. The summed E-state index contributed by atoms with van der Waals surface area (Å²) in [5.41, 5.74) is 0.345. The predicted octanol–water partition coefficient (Wildman–Crippen LogP) is 2.09. The number of ether oxygens (including phenoxy) is 2. The van der Waals surface area contributed by atoms with Gasteiger partial charge in [0.15, 0.2) is 11.5 Å². The van der Waals surface area contributed by atoms with E-state index >= 15 is 0 Å². The van der Waals surface area contributed by atoms with Crippen LogP contribution in [0.5, 0.6) is 11.5 Å². The van der Waals surface area contributed by atoms with Crippen LogP contribution in [0.25, 0.3) is 0 Å². The minimum absolute atomic E-state index is 0.289. The van der Waals surface area contributed by atoms with Gasteiger partial charge in [0.25, 0.3) is 0 Å². The number of nitrogens with one attached hydrogen (secondary N) is 1. The molecule has 2 N–H and O–H groups in total. The van der Waals surface area contributed by atoms with Crippen molar-refractivity contribution < 1.29 is 23.8 Å². The van der Waals surface area contributed by atoms with Gasteiger partial charge < -0.3 is 19.9 Å². The summed E-state index contributed by atoms with van der Waals surface area (Å²) in [7, 11) is 0. The van der Waals surface area contributed by atoms with Crippen LogP contribution in [0.3, 0.4) is 0 Å². The third-order valence-electron chi connectivity index (χ3n) is 3.59. The van der Waals surface area contributed by atoms with Crippen molar-refractivity contribution in [3.63, 3.8) is 0 Å². The second-order valence-electron chi connectivity index (χ2n) is 4.84. The second-order valence-corrected chi connectivity index (χ2v) is 5.70. The fraction of sp³-hybridized carbons (Fsp3) is 0.462. The highest BCUT2D eigenvalue weighted by Gasteiger charge is 2.35. The van der Waals surface area contributed by atoms with E-state index in [-0.39, 0.29) is 10.5 Å². The van der Waals surface area contributed by atoms with Gasteiger partial charge in [0.1, 0.15) is 19.0 Å². The first-order valence-electron chi connectivity index (χ1n) is 6.31. The van der Waals surface area contributed by atoms with Gasteiger partial charge >= 0.3 is 5.97 Å². The third kappa shape index (κ3) is 2.25. The Morgan fingerprint density at radius 1 is 1.45 bits per heavy atom. The van der Waals surface area contributed by atoms with Crippen LogP contribution in [0.1, 0.15) is 18.0 Å². The summed E-state index contributed by atoms with van der Waals surface area (Å²) in [6, 6.07) is 1.15. The van der Waals surface area contributed by atoms with Crippen molar-refractivity contribution in [3.8, 4) is 11.5 Å². The maximum absolute atomic E-state index is 14.4. The zero-order chi connectivity index (χ0) is 14.3. The minimum atomic E-state index is -0.874. The summed E-state index contributed by atoms with van der Waals surface area (Å²) in [6.45, 7) is 1.10. The minimum Gasteiger partial charge on any atom is -0.486 e. The average Bonchev–Trinajstić information content (AvgIpc) is 2.90. The molecule has 0 spiro atoms. The van der Waals surface area contributed by atoms with Gasteiger partial charge in [-0.2, -0.15) is 0 Å². The predicted molar refractivity (Wildman–Crippen MR) is 71.6 cm³/mol. The van der Waals surface area contributed by atoms with Crippen LogP contribution >= 0.6 is 15.9 Å². The lowest BCUT2D eigenvalue weighted by molar-refractivity contribution is -0.141. The molecule has 0 aliphatic carbocycles.